The van der Waals surface area contributed by atoms with Crippen molar-refractivity contribution in [2.24, 2.45) is 0 Å². The summed E-state index contributed by atoms with van der Waals surface area (Å²) in [5.41, 5.74) is 0.850. The van der Waals surface area contributed by atoms with Gasteiger partial charge in [0.15, 0.2) is 0 Å². The van der Waals surface area contributed by atoms with E-state index in [1.807, 2.05) is 5.31 Å². The Hall–Kier alpha value is 0.340. The predicted octanol–water partition coefficient (Wildman–Crippen LogP) is 7.97. The molecule has 1 atom stereocenters. The summed E-state index contributed by atoms with van der Waals surface area (Å²) in [6.07, 6.45) is 24.7. The molecule has 0 nitrogen and oxygen atoms in total. The topological polar surface area (TPSA) is 0 Å². The molecule has 0 radical (unpaired) electrons. The number of hydrogen-bond donors (Lipinski definition) is 0. The monoisotopic (exact) mass is 354 g/mol. The number of rotatable bonds is 14. The summed E-state index contributed by atoms with van der Waals surface area (Å²) in [6, 6.07) is 0. The molecule has 2 heteroatoms. The second-order valence-corrected chi connectivity index (χ2v) is 12.0. The zero-order valence-electron chi connectivity index (χ0n) is 16.2. The molecule has 1 aliphatic rings. The van der Waals surface area contributed by atoms with Gasteiger partial charge in [0.2, 0.25) is 0 Å². The highest BCUT2D eigenvalue weighted by Gasteiger charge is 2.28. The first-order valence-corrected chi connectivity index (χ1v) is 13.6. The Labute approximate surface area is 149 Å². The van der Waals surface area contributed by atoms with Gasteiger partial charge in [0.25, 0.3) is 0 Å². The van der Waals surface area contributed by atoms with Crippen LogP contribution in [0.25, 0.3) is 0 Å². The smallest absolute Gasteiger partial charge is 0.0228 e. The Morgan fingerprint density at radius 2 is 1.22 bits per heavy atom. The predicted molar refractivity (Wildman–Crippen MR) is 114 cm³/mol. The Morgan fingerprint density at radius 1 is 0.739 bits per heavy atom. The SMILES string of the molecule is CCCCP(CCCC)C1=CC=CC1P(CCCC)CCCC. The van der Waals surface area contributed by atoms with E-state index in [1.165, 1.54) is 76.0 Å². The molecule has 1 unspecified atom stereocenters. The molecule has 0 amide bonds. The second-order valence-electron chi connectivity index (χ2n) is 6.86. The molecule has 0 bridgehead atoms. The molecule has 0 saturated heterocycles. The number of hydrogen-bond acceptors (Lipinski definition) is 0. The van der Waals surface area contributed by atoms with E-state index in [1.54, 1.807) is 0 Å². The highest BCUT2D eigenvalue weighted by atomic mass is 31.1. The highest BCUT2D eigenvalue weighted by molar-refractivity contribution is 7.65. The largest absolute Gasteiger partial charge is 0.0950 e. The minimum atomic E-state index is 0.140. The first kappa shape index (κ1) is 21.4. The first-order chi connectivity index (χ1) is 11.3. The molecule has 0 fully saturated rings. The standard InChI is InChI=1S/C21H40P2/c1-5-9-16-22(17-10-6-2)20-14-13-15-21(20)23(18-11-7-3)19-12-8-4/h13-15,20H,5-12,16-19H2,1-4H3. The van der Waals surface area contributed by atoms with Crippen molar-refractivity contribution in [2.45, 2.75) is 84.7 Å². The van der Waals surface area contributed by atoms with Gasteiger partial charge in [-0.15, -0.1) is 0 Å². The molecule has 23 heavy (non-hydrogen) atoms. The molecule has 0 aromatic heterocycles. The van der Waals surface area contributed by atoms with Crippen molar-refractivity contribution in [3.05, 3.63) is 23.5 Å². The fourth-order valence-electron chi connectivity index (χ4n) is 3.24. The minimum Gasteiger partial charge on any atom is -0.0950 e. The fraction of sp³-hybridized carbons (Fsp3) is 0.810. The molecule has 0 spiro atoms. The summed E-state index contributed by atoms with van der Waals surface area (Å²) < 4.78 is 0. The average Bonchev–Trinajstić information content (AvgIpc) is 3.04. The van der Waals surface area contributed by atoms with E-state index in [0.29, 0.717) is 0 Å². The second kappa shape index (κ2) is 13.6. The Morgan fingerprint density at radius 3 is 1.70 bits per heavy atom. The zero-order valence-corrected chi connectivity index (χ0v) is 18.0. The van der Waals surface area contributed by atoms with Crippen LogP contribution in [0.15, 0.2) is 23.5 Å². The molecule has 0 saturated carbocycles. The van der Waals surface area contributed by atoms with Crippen LogP contribution in [0.1, 0.15) is 79.1 Å². The lowest BCUT2D eigenvalue weighted by molar-refractivity contribution is 0.862. The molecule has 0 heterocycles. The van der Waals surface area contributed by atoms with Crippen molar-refractivity contribution in [2.75, 3.05) is 24.6 Å². The molecule has 0 N–H and O–H groups in total. The summed E-state index contributed by atoms with van der Waals surface area (Å²) in [5, 5.41) is 1.89. The van der Waals surface area contributed by atoms with Crippen molar-refractivity contribution < 1.29 is 0 Å². The van der Waals surface area contributed by atoms with Crippen molar-refractivity contribution in [1.82, 2.24) is 0 Å². The molecular formula is C21H40P2. The summed E-state index contributed by atoms with van der Waals surface area (Å²) in [7, 11) is 0.325. The van der Waals surface area contributed by atoms with E-state index in [4.69, 9.17) is 0 Å². The molecular weight excluding hydrogens is 314 g/mol. The van der Waals surface area contributed by atoms with Crippen LogP contribution in [0.3, 0.4) is 0 Å². The van der Waals surface area contributed by atoms with Crippen LogP contribution in [-0.2, 0) is 0 Å². The van der Waals surface area contributed by atoms with Crippen molar-refractivity contribution in [3.63, 3.8) is 0 Å². The maximum Gasteiger partial charge on any atom is 0.0228 e. The maximum atomic E-state index is 2.58. The molecule has 1 aliphatic carbocycles. The summed E-state index contributed by atoms with van der Waals surface area (Å²) in [6.45, 7) is 9.40. The first-order valence-electron chi connectivity index (χ1n) is 10.2. The van der Waals surface area contributed by atoms with Gasteiger partial charge in [-0.25, -0.2) is 0 Å². The highest BCUT2D eigenvalue weighted by Crippen LogP contribution is 2.59. The van der Waals surface area contributed by atoms with Gasteiger partial charge in [-0.2, -0.15) is 0 Å². The molecule has 0 aliphatic heterocycles. The van der Waals surface area contributed by atoms with Gasteiger partial charge in [0.05, 0.1) is 0 Å². The lowest BCUT2D eigenvalue weighted by Gasteiger charge is -2.31. The van der Waals surface area contributed by atoms with Crippen molar-refractivity contribution in [1.29, 1.82) is 0 Å². The third kappa shape index (κ3) is 7.84. The maximum absolute atomic E-state index is 2.58. The lowest BCUT2D eigenvalue weighted by atomic mass is 10.4. The van der Waals surface area contributed by atoms with Gasteiger partial charge < -0.3 is 0 Å². The van der Waals surface area contributed by atoms with E-state index in [0.717, 1.165) is 5.66 Å². The van der Waals surface area contributed by atoms with E-state index in [2.05, 4.69) is 45.9 Å². The van der Waals surface area contributed by atoms with Crippen LogP contribution >= 0.6 is 15.8 Å². The van der Waals surface area contributed by atoms with Gasteiger partial charge in [0, 0.05) is 5.66 Å². The van der Waals surface area contributed by atoms with Gasteiger partial charge in [0.1, 0.15) is 0 Å². The molecule has 0 aromatic carbocycles. The third-order valence-corrected chi connectivity index (χ3v) is 10.9. The molecule has 134 valence electrons. The van der Waals surface area contributed by atoms with E-state index >= 15 is 0 Å². The van der Waals surface area contributed by atoms with E-state index in [-0.39, 0.29) is 15.8 Å². The van der Waals surface area contributed by atoms with E-state index < -0.39 is 0 Å². The van der Waals surface area contributed by atoms with Crippen LogP contribution < -0.4 is 0 Å². The van der Waals surface area contributed by atoms with Crippen LogP contribution in [0.5, 0.6) is 0 Å². The van der Waals surface area contributed by atoms with Crippen LogP contribution in [0.2, 0.25) is 0 Å². The number of allylic oxidation sites excluding steroid dienone is 4. The van der Waals surface area contributed by atoms with Gasteiger partial charge in [-0.05, 0) is 55.6 Å². The summed E-state index contributed by atoms with van der Waals surface area (Å²) >= 11 is 0. The van der Waals surface area contributed by atoms with Crippen molar-refractivity contribution >= 4 is 15.8 Å². The van der Waals surface area contributed by atoms with Crippen LogP contribution in [-0.4, -0.2) is 30.3 Å². The van der Waals surface area contributed by atoms with Crippen molar-refractivity contribution in [3.8, 4) is 0 Å². The quantitative estimate of drug-likeness (QED) is 0.277. The van der Waals surface area contributed by atoms with E-state index in [9.17, 15) is 0 Å². The van der Waals surface area contributed by atoms with Gasteiger partial charge >= 0.3 is 0 Å². The molecule has 1 rings (SSSR count). The Kier molecular flexibility index (Phi) is 12.7. The fourth-order valence-corrected chi connectivity index (χ4v) is 10.1. The van der Waals surface area contributed by atoms with Crippen LogP contribution in [0.4, 0.5) is 0 Å². The molecule has 0 aromatic rings. The normalized spacial score (nSPS) is 17.5. The Bertz CT molecular complexity index is 330. The Balaban J connectivity index is 2.75. The average molecular weight is 354 g/mol. The summed E-state index contributed by atoms with van der Waals surface area (Å²) in [4.78, 5) is 0. The lowest BCUT2D eigenvalue weighted by Crippen LogP contribution is -2.10. The minimum absolute atomic E-state index is 0.140. The summed E-state index contributed by atoms with van der Waals surface area (Å²) in [5.74, 6) is 0. The zero-order chi connectivity index (χ0) is 16.9. The van der Waals surface area contributed by atoms with Gasteiger partial charge in [-0.1, -0.05) is 87.4 Å². The van der Waals surface area contributed by atoms with Crippen LogP contribution in [0, 0.1) is 0 Å². The van der Waals surface area contributed by atoms with Gasteiger partial charge in [-0.3, -0.25) is 0 Å². The third-order valence-electron chi connectivity index (χ3n) is 4.78. The number of unbranched alkanes of at least 4 members (excludes halogenated alkanes) is 4.